The molecule has 0 amide bonds. The zero-order chi connectivity index (χ0) is 15.4. The summed E-state index contributed by atoms with van der Waals surface area (Å²) in [4.78, 5) is 7.15. The maximum Gasteiger partial charge on any atom is 0.181 e. The summed E-state index contributed by atoms with van der Waals surface area (Å²) in [6.07, 6.45) is 6.09. The van der Waals surface area contributed by atoms with Crippen LogP contribution >= 0.6 is 0 Å². The van der Waals surface area contributed by atoms with E-state index in [-0.39, 0.29) is 0 Å². The van der Waals surface area contributed by atoms with E-state index in [0.717, 1.165) is 30.1 Å². The summed E-state index contributed by atoms with van der Waals surface area (Å²) in [5.74, 6) is 1.78. The van der Waals surface area contributed by atoms with Crippen LogP contribution in [0, 0.1) is 0 Å². The third kappa shape index (κ3) is 3.38. The molecule has 1 fully saturated rings. The molecule has 2 heterocycles. The summed E-state index contributed by atoms with van der Waals surface area (Å²) in [5, 5.41) is 7.35. The maximum absolute atomic E-state index is 4.56. The third-order valence-electron chi connectivity index (χ3n) is 4.61. The number of aromatic amines is 1. The van der Waals surface area contributed by atoms with Gasteiger partial charge in [-0.2, -0.15) is 5.10 Å². The Morgan fingerprint density at radius 3 is 2.55 bits per heavy atom. The van der Waals surface area contributed by atoms with Crippen molar-refractivity contribution in [2.75, 3.05) is 13.1 Å². The first-order valence-corrected chi connectivity index (χ1v) is 8.53. The minimum absolute atomic E-state index is 0.497. The number of piperidine rings is 1. The fraction of sp³-hybridized carbons (Fsp3) is 0.556. The Morgan fingerprint density at radius 2 is 1.86 bits per heavy atom. The van der Waals surface area contributed by atoms with Crippen molar-refractivity contribution in [1.82, 2.24) is 20.1 Å². The number of H-pyrrole nitrogens is 1. The smallest absolute Gasteiger partial charge is 0.181 e. The van der Waals surface area contributed by atoms with Crippen molar-refractivity contribution in [1.29, 1.82) is 0 Å². The van der Waals surface area contributed by atoms with Crippen molar-refractivity contribution in [3.05, 3.63) is 35.7 Å². The van der Waals surface area contributed by atoms with Crippen LogP contribution in [0.25, 0.3) is 11.4 Å². The topological polar surface area (TPSA) is 44.8 Å². The van der Waals surface area contributed by atoms with Gasteiger partial charge < -0.3 is 0 Å². The molecule has 0 bridgehead atoms. The van der Waals surface area contributed by atoms with Crippen molar-refractivity contribution in [3.8, 4) is 11.4 Å². The van der Waals surface area contributed by atoms with Crippen molar-refractivity contribution in [2.24, 2.45) is 0 Å². The van der Waals surface area contributed by atoms with Gasteiger partial charge in [-0.25, -0.2) is 4.98 Å². The minimum atomic E-state index is 0.497. The van der Waals surface area contributed by atoms with Gasteiger partial charge in [0.1, 0.15) is 5.82 Å². The van der Waals surface area contributed by atoms with Gasteiger partial charge in [-0.15, -0.1) is 0 Å². The fourth-order valence-corrected chi connectivity index (χ4v) is 3.20. The largest absolute Gasteiger partial charge is 0.297 e. The number of aromatic nitrogens is 3. The Labute approximate surface area is 133 Å². The molecule has 4 nitrogen and oxygen atoms in total. The Hall–Kier alpha value is -1.68. The zero-order valence-corrected chi connectivity index (χ0v) is 13.7. The quantitative estimate of drug-likeness (QED) is 0.908. The van der Waals surface area contributed by atoms with Crippen molar-refractivity contribution >= 4 is 0 Å². The number of hydrogen-bond acceptors (Lipinski definition) is 3. The molecule has 1 aliphatic rings. The highest BCUT2D eigenvalue weighted by molar-refractivity contribution is 5.55. The summed E-state index contributed by atoms with van der Waals surface area (Å²) >= 11 is 0. The predicted octanol–water partition coefficient (Wildman–Crippen LogP) is 3.97. The van der Waals surface area contributed by atoms with Crippen molar-refractivity contribution < 1.29 is 0 Å². The lowest BCUT2D eigenvalue weighted by molar-refractivity contribution is 0.175. The average Bonchev–Trinajstić information content (AvgIpc) is 3.04. The maximum atomic E-state index is 4.56. The van der Waals surface area contributed by atoms with Gasteiger partial charge in [0.15, 0.2) is 5.82 Å². The summed E-state index contributed by atoms with van der Waals surface area (Å²) < 4.78 is 0. The number of likely N-dealkylation sites (tertiary alicyclic amines) is 1. The van der Waals surface area contributed by atoms with Gasteiger partial charge in [0.05, 0.1) is 0 Å². The number of nitrogens with zero attached hydrogens (tertiary/aromatic N) is 3. The molecule has 1 aromatic carbocycles. The van der Waals surface area contributed by atoms with Crippen LogP contribution < -0.4 is 0 Å². The molecule has 4 heteroatoms. The number of hydrogen-bond donors (Lipinski definition) is 1. The van der Waals surface area contributed by atoms with Gasteiger partial charge in [-0.05, 0) is 44.8 Å². The minimum Gasteiger partial charge on any atom is -0.297 e. The Balaban J connectivity index is 1.71. The van der Waals surface area contributed by atoms with Crippen LogP contribution in [0.3, 0.4) is 0 Å². The summed E-state index contributed by atoms with van der Waals surface area (Å²) in [6, 6.07) is 9.25. The van der Waals surface area contributed by atoms with E-state index in [0.29, 0.717) is 6.04 Å². The highest BCUT2D eigenvalue weighted by Crippen LogP contribution is 2.25. The highest BCUT2D eigenvalue weighted by Gasteiger charge is 2.18. The van der Waals surface area contributed by atoms with E-state index < -0.39 is 0 Å². The highest BCUT2D eigenvalue weighted by atomic mass is 15.2. The monoisotopic (exact) mass is 298 g/mol. The van der Waals surface area contributed by atoms with Gasteiger partial charge >= 0.3 is 0 Å². The van der Waals surface area contributed by atoms with E-state index in [1.165, 1.54) is 37.9 Å². The molecule has 0 aliphatic carbocycles. The molecular weight excluding hydrogens is 272 g/mol. The summed E-state index contributed by atoms with van der Waals surface area (Å²) in [5.41, 5.74) is 2.48. The van der Waals surface area contributed by atoms with Crippen LogP contribution in [0.15, 0.2) is 24.3 Å². The molecule has 1 saturated heterocycles. The molecule has 1 N–H and O–H groups in total. The normalized spacial score (nSPS) is 17.5. The van der Waals surface area contributed by atoms with Crippen LogP contribution in [0.1, 0.15) is 57.0 Å². The lowest BCUT2D eigenvalue weighted by Gasteiger charge is -2.32. The van der Waals surface area contributed by atoms with Crippen molar-refractivity contribution in [2.45, 2.75) is 52.0 Å². The Kier molecular flexibility index (Phi) is 4.88. The van der Waals surface area contributed by atoms with E-state index in [2.05, 4.69) is 58.2 Å². The lowest BCUT2D eigenvalue weighted by Crippen LogP contribution is -2.32. The molecule has 1 unspecified atom stereocenters. The second-order valence-corrected chi connectivity index (χ2v) is 6.25. The van der Waals surface area contributed by atoms with Crippen LogP contribution in [0.2, 0.25) is 0 Å². The second-order valence-electron chi connectivity index (χ2n) is 6.25. The number of benzene rings is 1. The number of aryl methyl sites for hydroxylation is 1. The van der Waals surface area contributed by atoms with E-state index in [4.69, 9.17) is 0 Å². The van der Waals surface area contributed by atoms with Crippen LogP contribution in [-0.2, 0) is 6.42 Å². The number of nitrogens with one attached hydrogen (secondary N) is 1. The van der Waals surface area contributed by atoms with E-state index in [1.807, 2.05) is 0 Å². The molecule has 2 aromatic rings. The summed E-state index contributed by atoms with van der Waals surface area (Å²) in [7, 11) is 0. The molecule has 1 atom stereocenters. The average molecular weight is 298 g/mol. The predicted molar refractivity (Wildman–Crippen MR) is 89.7 cm³/mol. The zero-order valence-electron chi connectivity index (χ0n) is 13.7. The van der Waals surface area contributed by atoms with Gasteiger partial charge in [0, 0.05) is 18.0 Å². The third-order valence-corrected chi connectivity index (χ3v) is 4.61. The summed E-state index contributed by atoms with van der Waals surface area (Å²) in [6.45, 7) is 6.92. The Morgan fingerprint density at radius 1 is 1.14 bits per heavy atom. The molecule has 0 spiro atoms. The molecule has 118 valence electrons. The van der Waals surface area contributed by atoms with Crippen molar-refractivity contribution in [3.63, 3.8) is 0 Å². The van der Waals surface area contributed by atoms with Gasteiger partial charge in [-0.3, -0.25) is 10.00 Å². The second kappa shape index (κ2) is 7.05. The molecule has 0 radical (unpaired) electrons. The fourth-order valence-electron chi connectivity index (χ4n) is 3.20. The number of rotatable bonds is 5. The van der Waals surface area contributed by atoms with E-state index in [9.17, 15) is 0 Å². The van der Waals surface area contributed by atoms with E-state index >= 15 is 0 Å². The van der Waals surface area contributed by atoms with Gasteiger partial charge in [-0.1, -0.05) is 37.6 Å². The van der Waals surface area contributed by atoms with Gasteiger partial charge in [0.2, 0.25) is 0 Å². The first kappa shape index (κ1) is 15.2. The standard InChI is InChI=1S/C18H26N4/c1-3-7-17-19-18(21-20-17)16-10-8-15(9-11-16)14(2)22-12-5-4-6-13-22/h8-11,14H,3-7,12-13H2,1-2H3,(H,19,20,21). The molecule has 0 saturated carbocycles. The Bertz CT molecular complexity index is 581. The van der Waals surface area contributed by atoms with Crippen LogP contribution in [0.5, 0.6) is 0 Å². The van der Waals surface area contributed by atoms with Crippen LogP contribution in [0.4, 0.5) is 0 Å². The molecule has 1 aliphatic heterocycles. The molecule has 1 aromatic heterocycles. The van der Waals surface area contributed by atoms with E-state index in [1.54, 1.807) is 0 Å². The SMILES string of the molecule is CCCc1nc(-c2ccc(C(C)N3CCCCC3)cc2)n[nH]1. The van der Waals surface area contributed by atoms with Crippen LogP contribution in [-0.4, -0.2) is 33.2 Å². The molecular formula is C18H26N4. The van der Waals surface area contributed by atoms with Gasteiger partial charge in [0.25, 0.3) is 0 Å². The molecule has 3 rings (SSSR count). The molecule has 22 heavy (non-hydrogen) atoms. The lowest BCUT2D eigenvalue weighted by atomic mass is 10.0. The first-order valence-electron chi connectivity index (χ1n) is 8.53. The first-order chi connectivity index (χ1) is 10.8.